The lowest BCUT2D eigenvalue weighted by molar-refractivity contribution is 0.0863. The van der Waals surface area contributed by atoms with Crippen molar-refractivity contribution in [1.29, 1.82) is 0 Å². The van der Waals surface area contributed by atoms with E-state index in [0.29, 0.717) is 18.0 Å². The van der Waals surface area contributed by atoms with Crippen molar-refractivity contribution < 1.29 is 4.74 Å². The van der Waals surface area contributed by atoms with Gasteiger partial charge in [0, 0.05) is 44.8 Å². The molecule has 1 fully saturated rings. The molecule has 24 heavy (non-hydrogen) atoms. The molecule has 0 bridgehead atoms. The molecule has 1 N–H and O–H groups in total. The molecular weight excluding hydrogens is 298 g/mol. The molecule has 4 nitrogen and oxygen atoms in total. The Kier molecular flexibility index (Phi) is 7.53. The van der Waals surface area contributed by atoms with Crippen molar-refractivity contribution >= 4 is 0 Å². The summed E-state index contributed by atoms with van der Waals surface area (Å²) >= 11 is 0. The van der Waals surface area contributed by atoms with E-state index in [-0.39, 0.29) is 0 Å². The second-order valence-corrected chi connectivity index (χ2v) is 7.48. The normalized spacial score (nSPS) is 19.4. The number of rotatable bonds is 8. The summed E-state index contributed by atoms with van der Waals surface area (Å²) in [5.41, 5.74) is 1.28. The van der Waals surface area contributed by atoms with Gasteiger partial charge >= 0.3 is 0 Å². The van der Waals surface area contributed by atoms with Gasteiger partial charge in [0.25, 0.3) is 0 Å². The van der Waals surface area contributed by atoms with Gasteiger partial charge in [0.1, 0.15) is 5.75 Å². The molecule has 0 amide bonds. The van der Waals surface area contributed by atoms with Gasteiger partial charge in [-0.1, -0.05) is 32.0 Å². The van der Waals surface area contributed by atoms with Gasteiger partial charge in [0.15, 0.2) is 0 Å². The van der Waals surface area contributed by atoms with Crippen LogP contribution in [0.25, 0.3) is 0 Å². The highest BCUT2D eigenvalue weighted by Gasteiger charge is 2.25. The minimum absolute atomic E-state index is 0.440. The first-order chi connectivity index (χ1) is 11.5. The maximum atomic E-state index is 5.47. The largest absolute Gasteiger partial charge is 0.496 e. The van der Waals surface area contributed by atoms with Crippen LogP contribution in [0, 0.1) is 5.92 Å². The molecule has 1 aliphatic heterocycles. The summed E-state index contributed by atoms with van der Waals surface area (Å²) in [7, 11) is 3.97. The van der Waals surface area contributed by atoms with Crippen LogP contribution in [0.1, 0.15) is 26.3 Å². The first kappa shape index (κ1) is 19.2. The topological polar surface area (TPSA) is 27.7 Å². The maximum absolute atomic E-state index is 5.47. The van der Waals surface area contributed by atoms with Gasteiger partial charge in [-0.3, -0.25) is 4.90 Å². The molecule has 2 rings (SSSR count). The number of nitrogens with zero attached hydrogens (tertiary/aromatic N) is 2. The van der Waals surface area contributed by atoms with Gasteiger partial charge in [-0.2, -0.15) is 0 Å². The summed E-state index contributed by atoms with van der Waals surface area (Å²) < 4.78 is 5.47. The molecule has 1 heterocycles. The maximum Gasteiger partial charge on any atom is 0.122 e. The molecule has 0 spiro atoms. The van der Waals surface area contributed by atoms with Gasteiger partial charge < -0.3 is 15.0 Å². The number of hydrogen-bond acceptors (Lipinski definition) is 4. The molecule has 1 saturated heterocycles. The zero-order chi connectivity index (χ0) is 17.5. The zero-order valence-electron chi connectivity index (χ0n) is 16.1. The van der Waals surface area contributed by atoms with Gasteiger partial charge in [-0.25, -0.2) is 0 Å². The lowest BCUT2D eigenvalue weighted by Crippen LogP contribution is -2.54. The average Bonchev–Trinajstić information content (AvgIpc) is 2.57. The minimum Gasteiger partial charge on any atom is -0.496 e. The van der Waals surface area contributed by atoms with E-state index >= 15 is 0 Å². The molecule has 2 unspecified atom stereocenters. The van der Waals surface area contributed by atoms with Crippen LogP contribution < -0.4 is 10.1 Å². The van der Waals surface area contributed by atoms with Crippen molar-refractivity contribution in [3.8, 4) is 5.75 Å². The third kappa shape index (κ3) is 5.47. The Morgan fingerprint density at radius 3 is 2.38 bits per heavy atom. The van der Waals surface area contributed by atoms with E-state index in [2.05, 4.69) is 55.1 Å². The lowest BCUT2D eigenvalue weighted by atomic mass is 10.00. The highest BCUT2D eigenvalue weighted by Crippen LogP contribution is 2.19. The average molecular weight is 334 g/mol. The van der Waals surface area contributed by atoms with Crippen LogP contribution in [0.3, 0.4) is 0 Å². The first-order valence-electron chi connectivity index (χ1n) is 9.29. The Labute approximate surface area is 148 Å². The predicted octanol–water partition coefficient (Wildman–Crippen LogP) is 2.49. The standard InChI is InChI=1S/C20H35N3O/c1-16(2)19(23-12-10-22(4)11-13-23)15-21-17(3)14-18-8-6-7-9-20(18)24-5/h6-9,16-17,19,21H,10-15H2,1-5H3. The fourth-order valence-electron chi connectivity index (χ4n) is 3.54. The third-order valence-corrected chi connectivity index (χ3v) is 5.17. The molecule has 1 aromatic carbocycles. The molecule has 4 heteroatoms. The Balaban J connectivity index is 1.87. The minimum atomic E-state index is 0.440. The fraction of sp³-hybridized carbons (Fsp3) is 0.700. The van der Waals surface area contributed by atoms with E-state index in [4.69, 9.17) is 4.74 Å². The third-order valence-electron chi connectivity index (χ3n) is 5.17. The molecular formula is C20H35N3O. The Morgan fingerprint density at radius 1 is 1.08 bits per heavy atom. The van der Waals surface area contributed by atoms with Crippen molar-refractivity contribution in [2.45, 2.75) is 39.3 Å². The summed E-state index contributed by atoms with van der Waals surface area (Å²) in [6.07, 6.45) is 0.998. The number of piperazine rings is 1. The number of nitrogens with one attached hydrogen (secondary N) is 1. The second kappa shape index (κ2) is 9.40. The summed E-state index contributed by atoms with van der Waals surface area (Å²) in [4.78, 5) is 5.08. The first-order valence-corrected chi connectivity index (χ1v) is 9.29. The quantitative estimate of drug-likeness (QED) is 0.791. The van der Waals surface area contributed by atoms with Crippen LogP contribution in [0.2, 0.25) is 0 Å². The van der Waals surface area contributed by atoms with Gasteiger partial charge in [-0.15, -0.1) is 0 Å². The fourth-order valence-corrected chi connectivity index (χ4v) is 3.54. The van der Waals surface area contributed by atoms with Gasteiger partial charge in [-0.05, 0) is 37.9 Å². The van der Waals surface area contributed by atoms with E-state index in [1.54, 1.807) is 7.11 Å². The Morgan fingerprint density at radius 2 is 1.75 bits per heavy atom. The van der Waals surface area contributed by atoms with Crippen LogP contribution in [0.4, 0.5) is 0 Å². The number of ether oxygens (including phenoxy) is 1. The highest BCUT2D eigenvalue weighted by atomic mass is 16.5. The second-order valence-electron chi connectivity index (χ2n) is 7.48. The predicted molar refractivity (Wildman–Crippen MR) is 102 cm³/mol. The van der Waals surface area contributed by atoms with Crippen LogP contribution in [-0.4, -0.2) is 68.8 Å². The summed E-state index contributed by atoms with van der Waals surface area (Å²) in [5.74, 6) is 1.66. The molecule has 136 valence electrons. The highest BCUT2D eigenvalue weighted by molar-refractivity contribution is 5.33. The monoisotopic (exact) mass is 333 g/mol. The zero-order valence-corrected chi connectivity index (χ0v) is 16.1. The van der Waals surface area contributed by atoms with Crippen LogP contribution in [-0.2, 0) is 6.42 Å². The van der Waals surface area contributed by atoms with Crippen molar-refractivity contribution in [3.05, 3.63) is 29.8 Å². The van der Waals surface area contributed by atoms with E-state index in [1.807, 2.05) is 12.1 Å². The molecule has 1 aliphatic rings. The van der Waals surface area contributed by atoms with Gasteiger partial charge in [0.05, 0.1) is 7.11 Å². The number of benzene rings is 1. The Bertz CT molecular complexity index is 484. The van der Waals surface area contributed by atoms with Gasteiger partial charge in [0.2, 0.25) is 0 Å². The summed E-state index contributed by atoms with van der Waals surface area (Å²) in [6.45, 7) is 12.7. The number of methoxy groups -OCH3 is 1. The number of hydrogen-bond donors (Lipinski definition) is 1. The SMILES string of the molecule is COc1ccccc1CC(C)NCC(C(C)C)N1CCN(C)CC1. The van der Waals surface area contributed by atoms with Crippen molar-refractivity contribution in [2.24, 2.45) is 5.92 Å². The van der Waals surface area contributed by atoms with Crippen LogP contribution >= 0.6 is 0 Å². The van der Waals surface area contributed by atoms with Crippen molar-refractivity contribution in [3.63, 3.8) is 0 Å². The molecule has 0 radical (unpaired) electrons. The van der Waals surface area contributed by atoms with E-state index in [1.165, 1.54) is 31.7 Å². The summed E-state index contributed by atoms with van der Waals surface area (Å²) in [6, 6.07) is 9.38. The van der Waals surface area contributed by atoms with E-state index in [0.717, 1.165) is 18.7 Å². The van der Waals surface area contributed by atoms with E-state index < -0.39 is 0 Å². The smallest absolute Gasteiger partial charge is 0.122 e. The lowest BCUT2D eigenvalue weighted by Gasteiger charge is -2.40. The molecule has 0 aliphatic carbocycles. The van der Waals surface area contributed by atoms with E-state index in [9.17, 15) is 0 Å². The number of likely N-dealkylation sites (N-methyl/N-ethyl adjacent to an activating group) is 1. The van der Waals surface area contributed by atoms with Crippen molar-refractivity contribution in [1.82, 2.24) is 15.1 Å². The molecule has 1 aromatic rings. The summed E-state index contributed by atoms with van der Waals surface area (Å²) in [5, 5.41) is 3.76. The molecule has 2 atom stereocenters. The Hall–Kier alpha value is -1.10. The van der Waals surface area contributed by atoms with Crippen molar-refractivity contribution in [2.75, 3.05) is 46.9 Å². The molecule has 0 aromatic heterocycles. The van der Waals surface area contributed by atoms with Crippen LogP contribution in [0.5, 0.6) is 5.75 Å². The molecule has 0 saturated carbocycles. The number of para-hydroxylation sites is 1. The van der Waals surface area contributed by atoms with Crippen LogP contribution in [0.15, 0.2) is 24.3 Å².